The zero-order chi connectivity index (χ0) is 10.8. The van der Waals surface area contributed by atoms with E-state index >= 15 is 0 Å². The molecule has 0 aliphatic carbocycles. The minimum absolute atomic E-state index is 0.220. The van der Waals surface area contributed by atoms with Crippen LogP contribution < -0.4 is 0 Å². The molecule has 0 spiro atoms. The fourth-order valence-corrected chi connectivity index (χ4v) is 2.21. The van der Waals surface area contributed by atoms with Crippen molar-refractivity contribution < 1.29 is 10.2 Å². The number of aliphatic hydroxyl groups is 1. The van der Waals surface area contributed by atoms with E-state index in [9.17, 15) is 10.2 Å². The van der Waals surface area contributed by atoms with Crippen LogP contribution in [-0.4, -0.2) is 35.3 Å². The molecule has 1 heterocycles. The van der Waals surface area contributed by atoms with Gasteiger partial charge in [-0.15, -0.1) is 0 Å². The van der Waals surface area contributed by atoms with E-state index in [4.69, 9.17) is 0 Å². The van der Waals surface area contributed by atoms with Crippen LogP contribution in [0.2, 0.25) is 0 Å². The summed E-state index contributed by atoms with van der Waals surface area (Å²) in [5.74, 6) is 0.509. The highest BCUT2D eigenvalue weighted by molar-refractivity contribution is 5.29. The van der Waals surface area contributed by atoms with Crippen LogP contribution in [0.5, 0.6) is 5.75 Å². The molecule has 1 aromatic carbocycles. The van der Waals surface area contributed by atoms with Gasteiger partial charge in [0.15, 0.2) is 0 Å². The Bertz CT molecular complexity index is 340. The van der Waals surface area contributed by atoms with Crippen molar-refractivity contribution >= 4 is 0 Å². The monoisotopic (exact) mass is 207 g/mol. The summed E-state index contributed by atoms with van der Waals surface area (Å²) in [4.78, 5) is 2.22. The lowest BCUT2D eigenvalue weighted by Crippen LogP contribution is -2.18. The lowest BCUT2D eigenvalue weighted by Gasteiger charge is -2.18. The van der Waals surface area contributed by atoms with Gasteiger partial charge in [-0.1, -0.05) is 12.1 Å². The maximum Gasteiger partial charge on any atom is 0.115 e. The van der Waals surface area contributed by atoms with Crippen molar-refractivity contribution in [3.8, 4) is 5.75 Å². The van der Waals surface area contributed by atoms with Crippen molar-refractivity contribution in [2.24, 2.45) is 5.92 Å². The lowest BCUT2D eigenvalue weighted by atomic mass is 9.95. The number of nitrogens with zero attached hydrogens (tertiary/aromatic N) is 1. The molecule has 15 heavy (non-hydrogen) atoms. The summed E-state index contributed by atoms with van der Waals surface area (Å²) in [6.07, 6.45) is 0.565. The maximum absolute atomic E-state index is 10.1. The van der Waals surface area contributed by atoms with E-state index < -0.39 is 6.10 Å². The van der Waals surface area contributed by atoms with Crippen molar-refractivity contribution in [1.29, 1.82) is 0 Å². The summed E-state index contributed by atoms with van der Waals surface area (Å²) in [5, 5.41) is 19.5. The third kappa shape index (κ3) is 2.30. The van der Waals surface area contributed by atoms with Crippen molar-refractivity contribution in [3.63, 3.8) is 0 Å². The number of hydrogen-bond donors (Lipinski definition) is 2. The molecule has 82 valence electrons. The molecule has 2 atom stereocenters. The third-order valence-electron chi connectivity index (χ3n) is 3.09. The van der Waals surface area contributed by atoms with Crippen LogP contribution in [0.15, 0.2) is 24.3 Å². The first-order valence-corrected chi connectivity index (χ1v) is 5.32. The Morgan fingerprint density at radius 2 is 2.27 bits per heavy atom. The Hall–Kier alpha value is -1.06. The van der Waals surface area contributed by atoms with Gasteiger partial charge in [-0.3, -0.25) is 0 Å². The number of phenolic OH excluding ortho intramolecular Hbond substituents is 1. The summed E-state index contributed by atoms with van der Waals surface area (Å²) in [7, 11) is 2.06. The zero-order valence-corrected chi connectivity index (χ0v) is 8.93. The molecule has 2 unspecified atom stereocenters. The van der Waals surface area contributed by atoms with Gasteiger partial charge in [-0.2, -0.15) is 0 Å². The van der Waals surface area contributed by atoms with E-state index in [1.807, 2.05) is 6.07 Å². The molecule has 1 aliphatic rings. The van der Waals surface area contributed by atoms with Crippen LogP contribution >= 0.6 is 0 Å². The molecule has 2 rings (SSSR count). The zero-order valence-electron chi connectivity index (χ0n) is 8.93. The van der Waals surface area contributed by atoms with Crippen molar-refractivity contribution in [2.75, 3.05) is 20.1 Å². The van der Waals surface area contributed by atoms with Crippen LogP contribution in [-0.2, 0) is 0 Å². The molecule has 1 aliphatic heterocycles. The Balaban J connectivity index is 2.10. The summed E-state index contributed by atoms with van der Waals surface area (Å²) < 4.78 is 0. The Kier molecular flexibility index (Phi) is 2.93. The van der Waals surface area contributed by atoms with Gasteiger partial charge >= 0.3 is 0 Å². The van der Waals surface area contributed by atoms with Gasteiger partial charge in [-0.05, 0) is 37.7 Å². The van der Waals surface area contributed by atoms with E-state index in [2.05, 4.69) is 11.9 Å². The molecular weight excluding hydrogens is 190 g/mol. The number of aromatic hydroxyl groups is 1. The van der Waals surface area contributed by atoms with Crippen LogP contribution in [0.4, 0.5) is 0 Å². The topological polar surface area (TPSA) is 43.7 Å². The highest BCUT2D eigenvalue weighted by atomic mass is 16.3. The molecule has 1 saturated heterocycles. The van der Waals surface area contributed by atoms with E-state index in [0.717, 1.165) is 25.1 Å². The quantitative estimate of drug-likeness (QED) is 0.770. The van der Waals surface area contributed by atoms with Gasteiger partial charge < -0.3 is 15.1 Å². The smallest absolute Gasteiger partial charge is 0.115 e. The molecule has 3 heteroatoms. The fourth-order valence-electron chi connectivity index (χ4n) is 2.21. The van der Waals surface area contributed by atoms with E-state index in [1.54, 1.807) is 18.2 Å². The standard InChI is InChI=1S/C12H17NO2/c1-13-6-5-10(8-13)12(15)9-3-2-4-11(14)7-9/h2-4,7,10,12,14-15H,5-6,8H2,1H3. The minimum Gasteiger partial charge on any atom is -0.508 e. The normalized spacial score (nSPS) is 24.3. The van der Waals surface area contributed by atoms with Crippen molar-refractivity contribution in [3.05, 3.63) is 29.8 Å². The second kappa shape index (κ2) is 4.21. The largest absolute Gasteiger partial charge is 0.508 e. The Morgan fingerprint density at radius 3 is 2.87 bits per heavy atom. The molecule has 0 saturated carbocycles. The number of likely N-dealkylation sites (tertiary alicyclic amines) is 1. The fraction of sp³-hybridized carbons (Fsp3) is 0.500. The highest BCUT2D eigenvalue weighted by Gasteiger charge is 2.27. The van der Waals surface area contributed by atoms with E-state index in [-0.39, 0.29) is 11.7 Å². The second-order valence-corrected chi connectivity index (χ2v) is 4.35. The predicted octanol–water partition coefficient (Wildman–Crippen LogP) is 1.38. The summed E-state index contributed by atoms with van der Waals surface area (Å²) in [6.45, 7) is 1.97. The number of aliphatic hydroxyl groups excluding tert-OH is 1. The third-order valence-corrected chi connectivity index (χ3v) is 3.09. The molecule has 1 aromatic rings. The number of hydrogen-bond acceptors (Lipinski definition) is 3. The molecule has 2 N–H and O–H groups in total. The lowest BCUT2D eigenvalue weighted by molar-refractivity contribution is 0.112. The molecule has 0 radical (unpaired) electrons. The first kappa shape index (κ1) is 10.5. The van der Waals surface area contributed by atoms with Gasteiger partial charge in [0, 0.05) is 12.5 Å². The molecular formula is C12H17NO2. The van der Waals surface area contributed by atoms with Gasteiger partial charge in [0.1, 0.15) is 5.75 Å². The number of benzene rings is 1. The SMILES string of the molecule is CN1CCC(C(O)c2cccc(O)c2)C1. The molecule has 1 fully saturated rings. The van der Waals surface area contributed by atoms with Crippen molar-refractivity contribution in [1.82, 2.24) is 4.90 Å². The van der Waals surface area contributed by atoms with E-state index in [0.29, 0.717) is 0 Å². The van der Waals surface area contributed by atoms with Crippen LogP contribution in [0.25, 0.3) is 0 Å². The second-order valence-electron chi connectivity index (χ2n) is 4.35. The molecule has 3 nitrogen and oxygen atoms in total. The van der Waals surface area contributed by atoms with Gasteiger partial charge in [-0.25, -0.2) is 0 Å². The summed E-state index contributed by atoms with van der Waals surface area (Å²) >= 11 is 0. The average Bonchev–Trinajstić information content (AvgIpc) is 2.64. The van der Waals surface area contributed by atoms with Crippen LogP contribution in [0, 0.1) is 5.92 Å². The van der Waals surface area contributed by atoms with Crippen molar-refractivity contribution in [2.45, 2.75) is 12.5 Å². The molecule has 0 amide bonds. The first-order chi connectivity index (χ1) is 7.16. The number of rotatable bonds is 2. The minimum atomic E-state index is -0.456. The molecule has 0 bridgehead atoms. The maximum atomic E-state index is 10.1. The van der Waals surface area contributed by atoms with E-state index in [1.165, 1.54) is 0 Å². The average molecular weight is 207 g/mol. The highest BCUT2D eigenvalue weighted by Crippen LogP contribution is 2.30. The van der Waals surface area contributed by atoms with Gasteiger partial charge in [0.2, 0.25) is 0 Å². The van der Waals surface area contributed by atoms with Crippen LogP contribution in [0.1, 0.15) is 18.1 Å². The number of phenols is 1. The Labute approximate surface area is 90.0 Å². The first-order valence-electron chi connectivity index (χ1n) is 5.32. The summed E-state index contributed by atoms with van der Waals surface area (Å²) in [6, 6.07) is 6.90. The molecule has 0 aromatic heterocycles. The van der Waals surface area contributed by atoms with Gasteiger partial charge in [0.25, 0.3) is 0 Å². The van der Waals surface area contributed by atoms with Gasteiger partial charge in [0.05, 0.1) is 6.10 Å². The Morgan fingerprint density at radius 1 is 1.47 bits per heavy atom. The van der Waals surface area contributed by atoms with Crippen LogP contribution in [0.3, 0.4) is 0 Å². The predicted molar refractivity (Wildman–Crippen MR) is 58.7 cm³/mol. The summed E-state index contributed by atoms with van der Waals surface area (Å²) in [5.41, 5.74) is 0.815.